The summed E-state index contributed by atoms with van der Waals surface area (Å²) in [5, 5.41) is 18.1. The molecule has 2 aromatic heterocycles. The van der Waals surface area contributed by atoms with Crippen molar-refractivity contribution in [1.82, 2.24) is 20.2 Å². The zero-order valence-electron chi connectivity index (χ0n) is 11.2. The van der Waals surface area contributed by atoms with Crippen LogP contribution in [0.2, 0.25) is 0 Å². The summed E-state index contributed by atoms with van der Waals surface area (Å²) in [6, 6.07) is 1.65. The minimum atomic E-state index is -0.373. The van der Waals surface area contributed by atoms with Gasteiger partial charge in [0.05, 0.1) is 10.8 Å². The average molecular weight is 274 g/mol. The van der Waals surface area contributed by atoms with E-state index in [9.17, 15) is 10.1 Å². The first-order chi connectivity index (χ1) is 9.56. The third-order valence-corrected chi connectivity index (χ3v) is 3.45. The second-order valence-corrected chi connectivity index (χ2v) is 4.94. The fraction of sp³-hybridized carbons (Fsp3) is 0.417. The molecule has 0 spiro atoms. The summed E-state index contributed by atoms with van der Waals surface area (Å²) >= 11 is 0. The molecule has 104 valence electrons. The van der Waals surface area contributed by atoms with E-state index in [0.717, 1.165) is 11.6 Å². The highest BCUT2D eigenvalue weighted by molar-refractivity contribution is 5.63. The van der Waals surface area contributed by atoms with Gasteiger partial charge in [-0.3, -0.25) is 15.2 Å². The van der Waals surface area contributed by atoms with Crippen LogP contribution in [-0.4, -0.2) is 38.2 Å². The van der Waals surface area contributed by atoms with E-state index < -0.39 is 0 Å². The van der Waals surface area contributed by atoms with E-state index in [2.05, 4.69) is 20.2 Å². The zero-order valence-corrected chi connectivity index (χ0v) is 11.2. The average Bonchev–Trinajstić information content (AvgIpc) is 2.73. The lowest BCUT2D eigenvalue weighted by molar-refractivity contribution is -0.385. The first-order valence-electron chi connectivity index (χ1n) is 6.30. The Balaban J connectivity index is 1.80. The largest absolute Gasteiger partial charge is 0.349 e. The Hall–Kier alpha value is -2.51. The number of aromatic nitrogens is 4. The number of pyridine rings is 1. The van der Waals surface area contributed by atoms with Crippen molar-refractivity contribution in [3.05, 3.63) is 39.6 Å². The fourth-order valence-electron chi connectivity index (χ4n) is 2.35. The van der Waals surface area contributed by atoms with Crippen LogP contribution in [0, 0.1) is 24.0 Å². The normalized spacial score (nSPS) is 15.2. The number of nitro groups is 1. The van der Waals surface area contributed by atoms with Crippen LogP contribution in [0.25, 0.3) is 0 Å². The highest BCUT2D eigenvalue weighted by Gasteiger charge is 2.36. The maximum absolute atomic E-state index is 11.2. The molecule has 1 aliphatic rings. The van der Waals surface area contributed by atoms with E-state index in [1.807, 2.05) is 11.8 Å². The van der Waals surface area contributed by atoms with Crippen LogP contribution in [0.3, 0.4) is 0 Å². The van der Waals surface area contributed by atoms with Crippen LogP contribution in [0.4, 0.5) is 11.5 Å². The van der Waals surface area contributed by atoms with Crippen LogP contribution in [-0.2, 0) is 0 Å². The fourth-order valence-corrected chi connectivity index (χ4v) is 2.35. The molecular formula is C12H14N6O2. The molecule has 0 amide bonds. The Bertz CT molecular complexity index is 662. The maximum Gasteiger partial charge on any atom is 0.314 e. The number of rotatable bonds is 3. The van der Waals surface area contributed by atoms with E-state index in [1.54, 1.807) is 19.2 Å². The molecule has 20 heavy (non-hydrogen) atoms. The van der Waals surface area contributed by atoms with Crippen molar-refractivity contribution in [1.29, 1.82) is 0 Å². The van der Waals surface area contributed by atoms with Crippen molar-refractivity contribution < 1.29 is 4.92 Å². The summed E-state index contributed by atoms with van der Waals surface area (Å²) in [7, 11) is 0. The second kappa shape index (κ2) is 4.55. The van der Waals surface area contributed by atoms with Gasteiger partial charge >= 0.3 is 5.69 Å². The molecule has 0 radical (unpaired) electrons. The molecule has 3 heterocycles. The van der Waals surface area contributed by atoms with Crippen LogP contribution in [0.5, 0.6) is 0 Å². The van der Waals surface area contributed by atoms with Crippen molar-refractivity contribution in [2.24, 2.45) is 0 Å². The highest BCUT2D eigenvalue weighted by Crippen LogP contribution is 2.35. The van der Waals surface area contributed by atoms with Gasteiger partial charge in [0.25, 0.3) is 0 Å². The molecule has 1 fully saturated rings. The lowest BCUT2D eigenvalue weighted by Crippen LogP contribution is -2.46. The molecule has 8 heteroatoms. The summed E-state index contributed by atoms with van der Waals surface area (Å²) in [5.41, 5.74) is 0.703. The molecule has 3 rings (SSSR count). The molecule has 0 atom stereocenters. The summed E-state index contributed by atoms with van der Waals surface area (Å²) in [6.07, 6.45) is 1.60. The smallest absolute Gasteiger partial charge is 0.314 e. The topological polar surface area (TPSA) is 101 Å². The third kappa shape index (κ3) is 1.98. The van der Waals surface area contributed by atoms with Crippen molar-refractivity contribution >= 4 is 11.5 Å². The number of H-pyrrole nitrogens is 1. The standard InChI is InChI=1S/C12H14N6O2/c1-7-3-4-13-12(10(7)18(19)20)17-5-9(6-17)11-14-8(2)15-16-11/h3-4,9H,5-6H2,1-2H3,(H,14,15,16). The van der Waals surface area contributed by atoms with Gasteiger partial charge in [-0.15, -0.1) is 0 Å². The Morgan fingerprint density at radius 1 is 1.45 bits per heavy atom. The number of hydrogen-bond acceptors (Lipinski definition) is 6. The van der Waals surface area contributed by atoms with Gasteiger partial charge in [0.2, 0.25) is 5.82 Å². The molecule has 2 aromatic rings. The van der Waals surface area contributed by atoms with Gasteiger partial charge < -0.3 is 4.90 Å². The van der Waals surface area contributed by atoms with Gasteiger partial charge in [0.15, 0.2) is 5.82 Å². The first kappa shape index (κ1) is 12.5. The molecule has 1 N–H and O–H groups in total. The minimum absolute atomic E-state index is 0.0807. The van der Waals surface area contributed by atoms with Gasteiger partial charge in [0, 0.05) is 24.8 Å². The van der Waals surface area contributed by atoms with Gasteiger partial charge in [-0.05, 0) is 19.9 Å². The monoisotopic (exact) mass is 274 g/mol. The minimum Gasteiger partial charge on any atom is -0.349 e. The number of anilines is 1. The van der Waals surface area contributed by atoms with E-state index >= 15 is 0 Å². The lowest BCUT2D eigenvalue weighted by Gasteiger charge is -2.38. The van der Waals surface area contributed by atoms with Crippen LogP contribution in [0.1, 0.15) is 23.1 Å². The van der Waals surface area contributed by atoms with Crippen molar-refractivity contribution in [2.45, 2.75) is 19.8 Å². The van der Waals surface area contributed by atoms with Crippen molar-refractivity contribution in [2.75, 3.05) is 18.0 Å². The molecule has 0 aliphatic carbocycles. The summed E-state index contributed by atoms with van der Waals surface area (Å²) < 4.78 is 0. The Morgan fingerprint density at radius 3 is 2.80 bits per heavy atom. The van der Waals surface area contributed by atoms with E-state index in [4.69, 9.17) is 0 Å². The molecule has 8 nitrogen and oxygen atoms in total. The quantitative estimate of drug-likeness (QED) is 0.669. The predicted molar refractivity (Wildman–Crippen MR) is 71.7 cm³/mol. The molecule has 0 saturated carbocycles. The molecule has 1 saturated heterocycles. The van der Waals surface area contributed by atoms with Crippen LogP contribution < -0.4 is 4.90 Å². The van der Waals surface area contributed by atoms with E-state index in [1.165, 1.54) is 0 Å². The number of nitrogens with zero attached hydrogens (tertiary/aromatic N) is 5. The Morgan fingerprint density at radius 2 is 2.20 bits per heavy atom. The number of aryl methyl sites for hydroxylation is 2. The Kier molecular flexibility index (Phi) is 2.85. The summed E-state index contributed by atoms with van der Waals surface area (Å²) in [4.78, 5) is 21.1. The molecule has 0 unspecified atom stereocenters. The van der Waals surface area contributed by atoms with Gasteiger partial charge in [-0.1, -0.05) is 0 Å². The van der Waals surface area contributed by atoms with Crippen LogP contribution >= 0.6 is 0 Å². The third-order valence-electron chi connectivity index (χ3n) is 3.45. The van der Waals surface area contributed by atoms with Crippen molar-refractivity contribution in [3.8, 4) is 0 Å². The lowest BCUT2D eigenvalue weighted by atomic mass is 9.99. The zero-order chi connectivity index (χ0) is 14.3. The molecular weight excluding hydrogens is 260 g/mol. The molecule has 0 bridgehead atoms. The Labute approximate surface area is 115 Å². The summed E-state index contributed by atoms with van der Waals surface area (Å²) in [5.74, 6) is 2.16. The highest BCUT2D eigenvalue weighted by atomic mass is 16.6. The molecule has 0 aromatic carbocycles. The van der Waals surface area contributed by atoms with Crippen molar-refractivity contribution in [3.63, 3.8) is 0 Å². The summed E-state index contributed by atoms with van der Waals surface area (Å²) in [6.45, 7) is 4.86. The van der Waals surface area contributed by atoms with Crippen LogP contribution in [0.15, 0.2) is 12.3 Å². The first-order valence-corrected chi connectivity index (χ1v) is 6.30. The number of nitrogens with one attached hydrogen (secondary N) is 1. The molecule has 1 aliphatic heterocycles. The van der Waals surface area contributed by atoms with Gasteiger partial charge in [-0.2, -0.15) is 5.10 Å². The SMILES string of the molecule is Cc1nc(C2CN(c3nccc(C)c3[N+](=O)[O-])C2)n[nH]1. The van der Waals surface area contributed by atoms with E-state index in [-0.39, 0.29) is 16.5 Å². The van der Waals surface area contributed by atoms with Gasteiger partial charge in [-0.25, -0.2) is 9.97 Å². The predicted octanol–water partition coefficient (Wildman–Crippen LogP) is 1.33. The number of aromatic amines is 1. The van der Waals surface area contributed by atoms with Gasteiger partial charge in [0.1, 0.15) is 5.82 Å². The second-order valence-electron chi connectivity index (χ2n) is 4.94. The maximum atomic E-state index is 11.2. The van der Waals surface area contributed by atoms with E-state index in [0.29, 0.717) is 24.5 Å². The number of hydrogen-bond donors (Lipinski definition) is 1.